The zero-order chi connectivity index (χ0) is 16.8. The quantitative estimate of drug-likeness (QED) is 0.578. The summed E-state index contributed by atoms with van der Waals surface area (Å²) in [5.74, 6) is -0.525. The predicted octanol–water partition coefficient (Wildman–Crippen LogP) is 4.87. The van der Waals surface area contributed by atoms with Gasteiger partial charge in [0.15, 0.2) is 0 Å². The maximum absolute atomic E-state index is 12.1. The molecular weight excluding hydrogens is 378 g/mol. The molecule has 0 fully saturated rings. The van der Waals surface area contributed by atoms with Gasteiger partial charge < -0.3 is 10.6 Å². The van der Waals surface area contributed by atoms with Gasteiger partial charge in [0.25, 0.3) is 5.91 Å². The summed E-state index contributed by atoms with van der Waals surface area (Å²) in [6.45, 7) is 1.93. The molecule has 0 saturated heterocycles. The summed E-state index contributed by atoms with van der Waals surface area (Å²) < 4.78 is 0.960. The number of aryl methyl sites for hydroxylation is 1. The first-order valence-electron chi connectivity index (χ1n) is 6.70. The first-order chi connectivity index (χ1) is 11.0. The highest BCUT2D eigenvalue weighted by atomic mass is 79.9. The minimum Gasteiger partial charge on any atom is -0.360 e. The number of nitriles is 1. The molecule has 0 aliphatic carbocycles. The Bertz CT molecular complexity index is 812. The maximum atomic E-state index is 12.1. The molecule has 2 rings (SSSR count). The van der Waals surface area contributed by atoms with Crippen LogP contribution in [0.15, 0.2) is 58.7 Å². The van der Waals surface area contributed by atoms with Crippen molar-refractivity contribution in [1.82, 2.24) is 0 Å². The van der Waals surface area contributed by atoms with Gasteiger partial charge in [0.05, 0.1) is 10.7 Å². The van der Waals surface area contributed by atoms with Crippen molar-refractivity contribution in [2.45, 2.75) is 6.92 Å². The fourth-order valence-electron chi connectivity index (χ4n) is 1.84. The van der Waals surface area contributed by atoms with Crippen LogP contribution in [0.4, 0.5) is 11.4 Å². The summed E-state index contributed by atoms with van der Waals surface area (Å²) in [5.41, 5.74) is 2.21. The van der Waals surface area contributed by atoms with Crippen molar-refractivity contribution in [3.8, 4) is 6.07 Å². The second-order valence-electron chi connectivity index (χ2n) is 4.71. The lowest BCUT2D eigenvalue weighted by atomic mass is 10.2. The number of halogens is 2. The molecule has 0 spiro atoms. The fourth-order valence-corrected chi connectivity index (χ4v) is 2.50. The molecule has 0 aliphatic rings. The summed E-state index contributed by atoms with van der Waals surface area (Å²) in [6, 6.07) is 14.4. The number of carbonyl (C=O) groups is 1. The molecule has 4 nitrogen and oxygen atoms in total. The van der Waals surface area contributed by atoms with E-state index in [0.717, 1.165) is 15.7 Å². The van der Waals surface area contributed by atoms with E-state index in [4.69, 9.17) is 11.6 Å². The molecule has 1 amide bonds. The molecule has 0 heterocycles. The normalized spacial score (nSPS) is 10.8. The number of amides is 1. The van der Waals surface area contributed by atoms with E-state index in [9.17, 15) is 10.1 Å². The lowest BCUT2D eigenvalue weighted by molar-refractivity contribution is -0.112. The third-order valence-electron chi connectivity index (χ3n) is 3.05. The lowest BCUT2D eigenvalue weighted by Gasteiger charge is -2.08. The minimum absolute atomic E-state index is 0.0489. The van der Waals surface area contributed by atoms with Crippen molar-refractivity contribution in [1.29, 1.82) is 5.26 Å². The molecule has 0 radical (unpaired) electrons. The summed E-state index contributed by atoms with van der Waals surface area (Å²) in [6.07, 6.45) is 1.38. The largest absolute Gasteiger partial charge is 0.360 e. The van der Waals surface area contributed by atoms with Crippen molar-refractivity contribution in [3.63, 3.8) is 0 Å². The maximum Gasteiger partial charge on any atom is 0.267 e. The van der Waals surface area contributed by atoms with Crippen molar-refractivity contribution >= 4 is 44.8 Å². The molecule has 23 heavy (non-hydrogen) atoms. The standard InChI is InChI=1S/C17H13BrClN3O/c1-11-8-13(18)6-7-15(11)21-10-12(9-20)17(23)22-16-5-3-2-4-14(16)19/h2-8,10,21H,1H3,(H,22,23)/b12-10-. The Kier molecular flexibility index (Phi) is 5.80. The van der Waals surface area contributed by atoms with Gasteiger partial charge in [-0.15, -0.1) is 0 Å². The Morgan fingerprint density at radius 1 is 1.26 bits per heavy atom. The first-order valence-corrected chi connectivity index (χ1v) is 7.87. The number of hydrogen-bond acceptors (Lipinski definition) is 3. The SMILES string of the molecule is Cc1cc(Br)ccc1N/C=C(/C#N)C(=O)Nc1ccccc1Cl. The topological polar surface area (TPSA) is 64.9 Å². The van der Waals surface area contributed by atoms with Gasteiger partial charge in [0.2, 0.25) is 0 Å². The molecule has 116 valence electrons. The van der Waals surface area contributed by atoms with Crippen molar-refractivity contribution in [2.75, 3.05) is 10.6 Å². The van der Waals surface area contributed by atoms with Crippen molar-refractivity contribution < 1.29 is 4.79 Å². The second-order valence-corrected chi connectivity index (χ2v) is 6.03. The summed E-state index contributed by atoms with van der Waals surface area (Å²) in [7, 11) is 0. The van der Waals surface area contributed by atoms with Crippen LogP contribution in [0.2, 0.25) is 5.02 Å². The van der Waals surface area contributed by atoms with Crippen molar-refractivity contribution in [3.05, 3.63) is 69.3 Å². The Labute approximate surface area is 147 Å². The highest BCUT2D eigenvalue weighted by Gasteiger charge is 2.11. The predicted molar refractivity (Wildman–Crippen MR) is 96.3 cm³/mol. The van der Waals surface area contributed by atoms with Crippen molar-refractivity contribution in [2.24, 2.45) is 0 Å². The van der Waals surface area contributed by atoms with Gasteiger partial charge in [0.1, 0.15) is 11.6 Å². The molecule has 0 atom stereocenters. The number of carbonyl (C=O) groups excluding carboxylic acids is 1. The van der Waals surface area contributed by atoms with Crippen LogP contribution < -0.4 is 10.6 Å². The number of rotatable bonds is 4. The van der Waals surface area contributed by atoms with E-state index in [-0.39, 0.29) is 5.57 Å². The van der Waals surface area contributed by atoms with E-state index in [1.807, 2.05) is 31.2 Å². The van der Waals surface area contributed by atoms with Gasteiger partial charge in [-0.25, -0.2) is 0 Å². The number of nitrogens with zero attached hydrogens (tertiary/aromatic N) is 1. The second kappa shape index (κ2) is 7.82. The average molecular weight is 391 g/mol. The van der Waals surface area contributed by atoms with Crippen LogP contribution in [0, 0.1) is 18.3 Å². The van der Waals surface area contributed by atoms with E-state index in [1.54, 1.807) is 24.3 Å². The molecule has 0 saturated carbocycles. The summed E-state index contributed by atoms with van der Waals surface area (Å²) >= 11 is 9.37. The van der Waals surface area contributed by atoms with Crippen LogP contribution in [0.25, 0.3) is 0 Å². The third kappa shape index (κ3) is 4.59. The van der Waals surface area contributed by atoms with E-state index in [2.05, 4.69) is 26.6 Å². The number of anilines is 2. The Balaban J connectivity index is 2.14. The Morgan fingerprint density at radius 2 is 2.00 bits per heavy atom. The van der Waals surface area contributed by atoms with Gasteiger partial charge in [-0.3, -0.25) is 4.79 Å². The molecule has 2 N–H and O–H groups in total. The minimum atomic E-state index is -0.525. The lowest BCUT2D eigenvalue weighted by Crippen LogP contribution is -2.14. The first kappa shape index (κ1) is 17.1. The van der Waals surface area contributed by atoms with Gasteiger partial charge in [-0.2, -0.15) is 5.26 Å². The van der Waals surface area contributed by atoms with E-state index in [1.165, 1.54) is 6.20 Å². The van der Waals surface area contributed by atoms with Gasteiger partial charge in [-0.05, 0) is 42.8 Å². The van der Waals surface area contributed by atoms with Crippen LogP contribution >= 0.6 is 27.5 Å². The molecule has 0 unspecified atom stereocenters. The molecule has 6 heteroatoms. The van der Waals surface area contributed by atoms with Gasteiger partial charge in [-0.1, -0.05) is 39.7 Å². The molecule has 0 aromatic heterocycles. The monoisotopic (exact) mass is 389 g/mol. The fraction of sp³-hybridized carbons (Fsp3) is 0.0588. The van der Waals surface area contributed by atoms with E-state index < -0.39 is 5.91 Å². The van der Waals surface area contributed by atoms with E-state index >= 15 is 0 Å². The van der Waals surface area contributed by atoms with Crippen LogP contribution in [-0.2, 0) is 4.79 Å². The van der Waals surface area contributed by atoms with E-state index in [0.29, 0.717) is 10.7 Å². The number of hydrogen-bond donors (Lipinski definition) is 2. The molecule has 0 aliphatic heterocycles. The number of benzene rings is 2. The molecular formula is C17H13BrClN3O. The molecule has 2 aromatic rings. The number of nitrogens with one attached hydrogen (secondary N) is 2. The summed E-state index contributed by atoms with van der Waals surface area (Å²) in [5, 5.41) is 15.2. The van der Waals surface area contributed by atoms with Crippen LogP contribution in [0.5, 0.6) is 0 Å². The van der Waals surface area contributed by atoms with Gasteiger partial charge in [0, 0.05) is 16.4 Å². The molecule has 2 aromatic carbocycles. The average Bonchev–Trinajstić information content (AvgIpc) is 2.52. The zero-order valence-electron chi connectivity index (χ0n) is 12.2. The Morgan fingerprint density at radius 3 is 2.65 bits per heavy atom. The third-order valence-corrected chi connectivity index (χ3v) is 3.87. The highest BCUT2D eigenvalue weighted by Crippen LogP contribution is 2.22. The molecule has 0 bridgehead atoms. The van der Waals surface area contributed by atoms with Crippen LogP contribution in [0.1, 0.15) is 5.56 Å². The summed E-state index contributed by atoms with van der Waals surface area (Å²) in [4.78, 5) is 12.1. The Hall–Kier alpha value is -2.29. The smallest absolute Gasteiger partial charge is 0.267 e. The highest BCUT2D eigenvalue weighted by molar-refractivity contribution is 9.10. The van der Waals surface area contributed by atoms with Gasteiger partial charge >= 0.3 is 0 Å². The van der Waals surface area contributed by atoms with Crippen LogP contribution in [0.3, 0.4) is 0 Å². The zero-order valence-corrected chi connectivity index (χ0v) is 14.6. The van der Waals surface area contributed by atoms with Crippen LogP contribution in [-0.4, -0.2) is 5.91 Å². The number of para-hydroxylation sites is 1.